The van der Waals surface area contributed by atoms with E-state index in [0.717, 1.165) is 10.5 Å². The molecule has 0 saturated carbocycles. The van der Waals surface area contributed by atoms with Crippen molar-refractivity contribution in [3.63, 3.8) is 0 Å². The van der Waals surface area contributed by atoms with E-state index in [-0.39, 0.29) is 10.6 Å². The van der Waals surface area contributed by atoms with Crippen LogP contribution in [0.4, 0.5) is 10.1 Å². The number of rotatable bonds is 4. The Labute approximate surface area is 138 Å². The van der Waals surface area contributed by atoms with E-state index in [0.29, 0.717) is 10.2 Å². The Bertz CT molecular complexity index is 781. The van der Waals surface area contributed by atoms with Gasteiger partial charge in [0.15, 0.2) is 0 Å². The molecule has 0 spiro atoms. The summed E-state index contributed by atoms with van der Waals surface area (Å²) < 4.78 is 46.6. The van der Waals surface area contributed by atoms with Crippen molar-refractivity contribution >= 4 is 47.6 Å². The molecule has 0 unspecified atom stereocenters. The second-order valence-corrected chi connectivity index (χ2v) is 7.45. The van der Waals surface area contributed by atoms with Crippen molar-refractivity contribution < 1.29 is 17.5 Å². The lowest BCUT2D eigenvalue weighted by molar-refractivity contribution is 0.414. The Balaban J connectivity index is 2.42. The first-order chi connectivity index (χ1) is 9.83. The first kappa shape index (κ1) is 16.3. The van der Waals surface area contributed by atoms with Gasteiger partial charge in [-0.15, -0.1) is 0 Å². The number of nitrogens with one attached hydrogen (secondary N) is 1. The van der Waals surface area contributed by atoms with Gasteiger partial charge in [-0.25, -0.2) is 12.8 Å². The number of hydrogen-bond acceptors (Lipinski definition) is 3. The second-order valence-electron chi connectivity index (χ2n) is 4.03. The van der Waals surface area contributed by atoms with Crippen LogP contribution in [0.5, 0.6) is 5.75 Å². The summed E-state index contributed by atoms with van der Waals surface area (Å²) >= 11 is 6.41. The van der Waals surface area contributed by atoms with E-state index < -0.39 is 15.8 Å². The highest BCUT2D eigenvalue weighted by Gasteiger charge is 2.19. The molecular formula is C13H10Br2FNO3S. The Morgan fingerprint density at radius 2 is 1.86 bits per heavy atom. The minimum atomic E-state index is -3.92. The van der Waals surface area contributed by atoms with Gasteiger partial charge >= 0.3 is 0 Å². The van der Waals surface area contributed by atoms with Crippen molar-refractivity contribution in [2.45, 2.75) is 4.90 Å². The zero-order valence-electron chi connectivity index (χ0n) is 10.7. The van der Waals surface area contributed by atoms with E-state index in [9.17, 15) is 12.8 Å². The molecule has 8 heteroatoms. The molecule has 2 aromatic carbocycles. The third-order valence-corrected chi connectivity index (χ3v) is 5.44. The number of benzene rings is 2. The largest absolute Gasteiger partial charge is 0.497 e. The van der Waals surface area contributed by atoms with Gasteiger partial charge in [0.2, 0.25) is 0 Å². The zero-order valence-corrected chi connectivity index (χ0v) is 14.7. The first-order valence-electron chi connectivity index (χ1n) is 5.65. The standard InChI is InChI=1S/C13H10Br2FNO3S/c1-20-9-3-4-11(16)12(7-9)17-21(18,19)13-5-2-8(14)6-10(13)15/h2-7,17H,1H3. The number of halogens is 3. The van der Waals surface area contributed by atoms with Crippen molar-refractivity contribution in [2.24, 2.45) is 0 Å². The minimum absolute atomic E-state index is 0.00733. The monoisotopic (exact) mass is 437 g/mol. The minimum Gasteiger partial charge on any atom is -0.497 e. The van der Waals surface area contributed by atoms with Crippen LogP contribution < -0.4 is 9.46 Å². The van der Waals surface area contributed by atoms with Gasteiger partial charge in [0.25, 0.3) is 10.0 Å². The first-order valence-corrected chi connectivity index (χ1v) is 8.72. The van der Waals surface area contributed by atoms with Crippen LogP contribution in [-0.2, 0) is 10.0 Å². The van der Waals surface area contributed by atoms with Gasteiger partial charge in [-0.3, -0.25) is 4.72 Å². The van der Waals surface area contributed by atoms with Gasteiger partial charge in [0.05, 0.1) is 12.8 Å². The van der Waals surface area contributed by atoms with Gasteiger partial charge in [0.1, 0.15) is 16.5 Å². The summed E-state index contributed by atoms with van der Waals surface area (Å²) in [5.41, 5.74) is -0.177. The molecule has 0 bridgehead atoms. The molecule has 0 aliphatic heterocycles. The highest BCUT2D eigenvalue weighted by Crippen LogP contribution is 2.29. The van der Waals surface area contributed by atoms with E-state index >= 15 is 0 Å². The molecule has 0 radical (unpaired) electrons. The molecular weight excluding hydrogens is 429 g/mol. The fourth-order valence-corrected chi connectivity index (χ4v) is 4.41. The fraction of sp³-hybridized carbons (Fsp3) is 0.0769. The van der Waals surface area contributed by atoms with Crippen LogP contribution in [0.2, 0.25) is 0 Å². The molecule has 0 amide bonds. The van der Waals surface area contributed by atoms with Gasteiger partial charge in [-0.1, -0.05) is 15.9 Å². The predicted octanol–water partition coefficient (Wildman–Crippen LogP) is 4.16. The van der Waals surface area contributed by atoms with Crippen LogP contribution in [0.15, 0.2) is 50.2 Å². The molecule has 0 fully saturated rings. The number of sulfonamides is 1. The Hall–Kier alpha value is -1.12. The summed E-state index contributed by atoms with van der Waals surface area (Å²) in [5, 5.41) is 0. The molecule has 1 N–H and O–H groups in total. The Morgan fingerprint density at radius 1 is 1.14 bits per heavy atom. The van der Waals surface area contributed by atoms with E-state index in [1.807, 2.05) is 0 Å². The van der Waals surface area contributed by atoms with Gasteiger partial charge in [-0.2, -0.15) is 0 Å². The predicted molar refractivity (Wildman–Crippen MR) is 85.6 cm³/mol. The van der Waals surface area contributed by atoms with E-state index in [1.165, 1.54) is 25.3 Å². The average Bonchev–Trinajstić information content (AvgIpc) is 2.40. The van der Waals surface area contributed by atoms with Gasteiger partial charge in [-0.05, 0) is 46.3 Å². The molecule has 0 saturated heterocycles. The Morgan fingerprint density at radius 3 is 2.48 bits per heavy atom. The third kappa shape index (κ3) is 3.75. The van der Waals surface area contributed by atoms with Crippen LogP contribution >= 0.6 is 31.9 Å². The summed E-state index contributed by atoms with van der Waals surface area (Å²) in [7, 11) is -2.51. The molecule has 0 aromatic heterocycles. The molecule has 2 rings (SSSR count). The average molecular weight is 439 g/mol. The van der Waals surface area contributed by atoms with Crippen molar-refractivity contribution in [1.29, 1.82) is 0 Å². The molecule has 112 valence electrons. The lowest BCUT2D eigenvalue weighted by atomic mass is 10.3. The molecule has 4 nitrogen and oxygen atoms in total. The quantitative estimate of drug-likeness (QED) is 0.779. The van der Waals surface area contributed by atoms with Gasteiger partial charge < -0.3 is 4.74 Å². The zero-order chi connectivity index (χ0) is 15.6. The topological polar surface area (TPSA) is 55.4 Å². The lowest BCUT2D eigenvalue weighted by Gasteiger charge is -2.11. The maximum atomic E-state index is 13.7. The van der Waals surface area contributed by atoms with Crippen molar-refractivity contribution in [3.05, 3.63) is 51.2 Å². The number of ether oxygens (including phenoxy) is 1. The Kier molecular flexibility index (Phi) is 4.90. The van der Waals surface area contributed by atoms with Crippen molar-refractivity contribution in [3.8, 4) is 5.75 Å². The van der Waals surface area contributed by atoms with E-state index in [4.69, 9.17) is 4.74 Å². The molecule has 0 aliphatic carbocycles. The molecule has 2 aromatic rings. The molecule has 0 atom stereocenters. The summed E-state index contributed by atoms with van der Waals surface area (Å²) in [4.78, 5) is 0.00733. The van der Waals surface area contributed by atoms with Gasteiger partial charge in [0, 0.05) is 15.0 Å². The van der Waals surface area contributed by atoms with Crippen molar-refractivity contribution in [1.82, 2.24) is 0 Å². The summed E-state index contributed by atoms with van der Waals surface area (Å²) in [5.74, 6) is -0.336. The molecule has 21 heavy (non-hydrogen) atoms. The molecule has 0 heterocycles. The lowest BCUT2D eigenvalue weighted by Crippen LogP contribution is -2.14. The van der Waals surface area contributed by atoms with Crippen LogP contribution in [0.1, 0.15) is 0 Å². The van der Waals surface area contributed by atoms with Crippen LogP contribution in [0.25, 0.3) is 0 Å². The van der Waals surface area contributed by atoms with E-state index in [2.05, 4.69) is 36.6 Å². The fourth-order valence-electron chi connectivity index (χ4n) is 1.60. The maximum absolute atomic E-state index is 13.7. The SMILES string of the molecule is COc1ccc(F)c(NS(=O)(=O)c2ccc(Br)cc2Br)c1. The summed E-state index contributed by atoms with van der Waals surface area (Å²) in [6, 6.07) is 8.40. The number of anilines is 1. The smallest absolute Gasteiger partial charge is 0.263 e. The second kappa shape index (κ2) is 6.33. The maximum Gasteiger partial charge on any atom is 0.263 e. The highest BCUT2D eigenvalue weighted by molar-refractivity contribution is 9.11. The van der Waals surface area contributed by atoms with Crippen LogP contribution in [-0.4, -0.2) is 15.5 Å². The van der Waals surface area contributed by atoms with Crippen LogP contribution in [0, 0.1) is 5.82 Å². The normalized spacial score (nSPS) is 11.2. The highest BCUT2D eigenvalue weighted by atomic mass is 79.9. The summed E-state index contributed by atoms with van der Waals surface area (Å²) in [6.45, 7) is 0. The van der Waals surface area contributed by atoms with Crippen LogP contribution in [0.3, 0.4) is 0 Å². The number of hydrogen-bond donors (Lipinski definition) is 1. The molecule has 0 aliphatic rings. The third-order valence-electron chi connectivity index (χ3n) is 2.60. The van der Waals surface area contributed by atoms with E-state index in [1.54, 1.807) is 12.1 Å². The number of methoxy groups -OCH3 is 1. The summed E-state index contributed by atoms with van der Waals surface area (Å²) in [6.07, 6.45) is 0. The van der Waals surface area contributed by atoms with Crippen molar-refractivity contribution in [2.75, 3.05) is 11.8 Å².